The van der Waals surface area contributed by atoms with E-state index in [1.165, 1.54) is 18.2 Å². The summed E-state index contributed by atoms with van der Waals surface area (Å²) < 4.78 is 14.8. The van der Waals surface area contributed by atoms with Gasteiger partial charge in [0.05, 0.1) is 18.7 Å². The number of hydrogen-bond acceptors (Lipinski definition) is 3. The van der Waals surface area contributed by atoms with Gasteiger partial charge in [-0.1, -0.05) is 26.0 Å². The van der Waals surface area contributed by atoms with Crippen LogP contribution in [0.15, 0.2) is 36.5 Å². The smallest absolute Gasteiger partial charge is 0.228 e. The number of rotatable bonds is 6. The third-order valence-electron chi connectivity index (χ3n) is 3.13. The van der Waals surface area contributed by atoms with Gasteiger partial charge in [-0.05, 0) is 23.6 Å². The van der Waals surface area contributed by atoms with Gasteiger partial charge in [0.25, 0.3) is 0 Å². The Bertz CT molecular complexity index is 640. The van der Waals surface area contributed by atoms with E-state index in [9.17, 15) is 14.3 Å². The summed E-state index contributed by atoms with van der Waals surface area (Å²) >= 11 is 0. The number of aliphatic hydroxyl groups excluding tert-OH is 1. The predicted octanol–water partition coefficient (Wildman–Crippen LogP) is 2.74. The molecule has 2 N–H and O–H groups in total. The van der Waals surface area contributed by atoms with E-state index in [0.29, 0.717) is 23.8 Å². The third kappa shape index (κ3) is 4.39. The molecule has 1 unspecified atom stereocenters. The molecule has 0 aliphatic carbocycles. The lowest BCUT2D eigenvalue weighted by atomic mass is 10.1. The molecule has 6 heteroatoms. The lowest BCUT2D eigenvalue weighted by Crippen LogP contribution is -2.19. The van der Waals surface area contributed by atoms with E-state index in [4.69, 9.17) is 0 Å². The van der Waals surface area contributed by atoms with Crippen LogP contribution in [0.3, 0.4) is 0 Å². The molecular weight excluding hydrogens is 285 g/mol. The molecular formula is C16H20FN3O2. The number of carbonyl (C=O) groups excluding carboxylic acids is 1. The van der Waals surface area contributed by atoms with Crippen LogP contribution in [0.5, 0.6) is 0 Å². The highest BCUT2D eigenvalue weighted by Crippen LogP contribution is 2.18. The van der Waals surface area contributed by atoms with Crippen LogP contribution in [0.4, 0.5) is 10.2 Å². The molecule has 118 valence electrons. The summed E-state index contributed by atoms with van der Waals surface area (Å²) in [5.41, 5.74) is 0.380. The second-order valence-electron chi connectivity index (χ2n) is 5.62. The second-order valence-corrected chi connectivity index (χ2v) is 5.62. The van der Waals surface area contributed by atoms with Crippen LogP contribution in [0, 0.1) is 11.7 Å². The number of halogens is 1. The normalized spacial score (nSPS) is 12.4. The Morgan fingerprint density at radius 2 is 2.18 bits per heavy atom. The highest BCUT2D eigenvalue weighted by Gasteiger charge is 2.15. The Morgan fingerprint density at radius 3 is 2.86 bits per heavy atom. The van der Waals surface area contributed by atoms with Crippen molar-refractivity contribution >= 4 is 11.7 Å². The summed E-state index contributed by atoms with van der Waals surface area (Å²) in [5.74, 6) is 0.202. The molecule has 1 amide bonds. The first-order valence-electron chi connectivity index (χ1n) is 7.21. The molecule has 0 spiro atoms. The molecule has 22 heavy (non-hydrogen) atoms. The SMILES string of the molecule is CC(C)Cn1nccc1NC(=O)CC(O)c1cccc(F)c1. The van der Waals surface area contributed by atoms with E-state index in [0.717, 1.165) is 0 Å². The van der Waals surface area contributed by atoms with Gasteiger partial charge in [-0.3, -0.25) is 4.79 Å². The number of nitrogens with one attached hydrogen (secondary N) is 1. The third-order valence-corrected chi connectivity index (χ3v) is 3.13. The predicted molar refractivity (Wildman–Crippen MR) is 81.7 cm³/mol. The molecule has 0 fully saturated rings. The number of benzene rings is 1. The van der Waals surface area contributed by atoms with Gasteiger partial charge in [-0.25, -0.2) is 9.07 Å². The number of amides is 1. The van der Waals surface area contributed by atoms with E-state index < -0.39 is 11.9 Å². The Kier molecular flexibility index (Phi) is 5.27. The maximum Gasteiger partial charge on any atom is 0.228 e. The molecule has 0 aliphatic rings. The summed E-state index contributed by atoms with van der Waals surface area (Å²) in [7, 11) is 0. The molecule has 0 radical (unpaired) electrons. The maximum atomic E-state index is 13.1. The standard InChI is InChI=1S/C16H20FN3O2/c1-11(2)10-20-15(6-7-18-20)19-16(22)9-14(21)12-4-3-5-13(17)8-12/h3-8,11,14,21H,9-10H2,1-2H3,(H,19,22). The van der Waals surface area contributed by atoms with Gasteiger partial charge < -0.3 is 10.4 Å². The summed E-state index contributed by atoms with van der Waals surface area (Å²) in [4.78, 5) is 12.0. The molecule has 0 aliphatic heterocycles. The van der Waals surface area contributed by atoms with Crippen LogP contribution >= 0.6 is 0 Å². The van der Waals surface area contributed by atoms with E-state index in [2.05, 4.69) is 24.3 Å². The summed E-state index contributed by atoms with van der Waals surface area (Å²) in [5, 5.41) is 16.9. The summed E-state index contributed by atoms with van der Waals surface area (Å²) in [6, 6.07) is 7.31. The zero-order valence-corrected chi connectivity index (χ0v) is 12.7. The van der Waals surface area contributed by atoms with Crippen LogP contribution in [0.2, 0.25) is 0 Å². The first-order valence-corrected chi connectivity index (χ1v) is 7.21. The quantitative estimate of drug-likeness (QED) is 0.862. The first kappa shape index (κ1) is 16.2. The van der Waals surface area contributed by atoms with E-state index >= 15 is 0 Å². The highest BCUT2D eigenvalue weighted by molar-refractivity contribution is 5.90. The molecule has 0 saturated carbocycles. The van der Waals surface area contributed by atoms with Crippen molar-refractivity contribution in [3.05, 3.63) is 47.9 Å². The topological polar surface area (TPSA) is 67.2 Å². The maximum absolute atomic E-state index is 13.1. The Balaban J connectivity index is 1.97. The van der Waals surface area contributed by atoms with Crippen molar-refractivity contribution in [1.82, 2.24) is 9.78 Å². The Labute approximate surface area is 128 Å². The number of aromatic nitrogens is 2. The fourth-order valence-electron chi connectivity index (χ4n) is 2.13. The van der Waals surface area contributed by atoms with Crippen LogP contribution in [0.25, 0.3) is 0 Å². The van der Waals surface area contributed by atoms with E-state index in [-0.39, 0.29) is 12.3 Å². The van der Waals surface area contributed by atoms with Crippen molar-refractivity contribution in [2.75, 3.05) is 5.32 Å². The van der Waals surface area contributed by atoms with Crippen molar-refractivity contribution in [1.29, 1.82) is 0 Å². The number of aliphatic hydroxyl groups is 1. The number of hydrogen-bond donors (Lipinski definition) is 2. The largest absolute Gasteiger partial charge is 0.388 e. The first-order chi connectivity index (χ1) is 10.5. The van der Waals surface area contributed by atoms with Gasteiger partial charge in [-0.15, -0.1) is 0 Å². The average molecular weight is 305 g/mol. The minimum absolute atomic E-state index is 0.143. The van der Waals surface area contributed by atoms with Crippen LogP contribution < -0.4 is 5.32 Å². The molecule has 1 aromatic heterocycles. The molecule has 0 bridgehead atoms. The summed E-state index contributed by atoms with van der Waals surface area (Å²) in [6.07, 6.45) is 0.425. The van der Waals surface area contributed by atoms with Gasteiger partial charge in [0.1, 0.15) is 11.6 Å². The lowest BCUT2D eigenvalue weighted by molar-refractivity contribution is -0.118. The number of anilines is 1. The fourth-order valence-corrected chi connectivity index (χ4v) is 2.13. The molecule has 0 saturated heterocycles. The molecule has 2 rings (SSSR count). The fraction of sp³-hybridized carbons (Fsp3) is 0.375. The molecule has 5 nitrogen and oxygen atoms in total. The number of nitrogens with zero attached hydrogens (tertiary/aromatic N) is 2. The Morgan fingerprint density at radius 1 is 1.41 bits per heavy atom. The van der Waals surface area contributed by atoms with Crippen molar-refractivity contribution in [2.45, 2.75) is 32.9 Å². The van der Waals surface area contributed by atoms with Gasteiger partial charge >= 0.3 is 0 Å². The van der Waals surface area contributed by atoms with Gasteiger partial charge in [0.15, 0.2) is 0 Å². The molecule has 1 atom stereocenters. The number of carbonyl (C=O) groups is 1. The highest BCUT2D eigenvalue weighted by atomic mass is 19.1. The van der Waals surface area contributed by atoms with Gasteiger partial charge in [0, 0.05) is 12.6 Å². The van der Waals surface area contributed by atoms with Crippen LogP contribution in [-0.4, -0.2) is 20.8 Å². The lowest BCUT2D eigenvalue weighted by Gasteiger charge is -2.13. The second kappa shape index (κ2) is 7.17. The van der Waals surface area contributed by atoms with Crippen molar-refractivity contribution in [3.8, 4) is 0 Å². The van der Waals surface area contributed by atoms with Crippen molar-refractivity contribution in [3.63, 3.8) is 0 Å². The monoisotopic (exact) mass is 305 g/mol. The van der Waals surface area contributed by atoms with Crippen molar-refractivity contribution in [2.24, 2.45) is 5.92 Å². The summed E-state index contributed by atoms with van der Waals surface area (Å²) in [6.45, 7) is 4.80. The zero-order valence-electron chi connectivity index (χ0n) is 12.7. The van der Waals surface area contributed by atoms with Gasteiger partial charge in [0.2, 0.25) is 5.91 Å². The molecule has 1 aromatic carbocycles. The molecule has 1 heterocycles. The minimum Gasteiger partial charge on any atom is -0.388 e. The van der Waals surface area contributed by atoms with E-state index in [1.807, 2.05) is 0 Å². The van der Waals surface area contributed by atoms with Gasteiger partial charge in [-0.2, -0.15) is 5.10 Å². The van der Waals surface area contributed by atoms with Crippen LogP contribution in [-0.2, 0) is 11.3 Å². The average Bonchev–Trinajstić information content (AvgIpc) is 2.85. The van der Waals surface area contributed by atoms with E-state index in [1.54, 1.807) is 23.0 Å². The minimum atomic E-state index is -1.04. The zero-order chi connectivity index (χ0) is 16.1. The molecule has 2 aromatic rings. The Hall–Kier alpha value is -2.21. The van der Waals surface area contributed by atoms with Crippen molar-refractivity contribution < 1.29 is 14.3 Å². The van der Waals surface area contributed by atoms with Crippen LogP contribution in [0.1, 0.15) is 31.9 Å².